The molecular weight excluding hydrogens is 897 g/mol. The van der Waals surface area contributed by atoms with Crippen molar-refractivity contribution < 1.29 is 29.3 Å². The van der Waals surface area contributed by atoms with Crippen LogP contribution >= 0.6 is 0 Å². The number of nitrogens with one attached hydrogen (secondary N) is 4. The second-order valence-corrected chi connectivity index (χ2v) is 19.1. The van der Waals surface area contributed by atoms with Gasteiger partial charge in [0, 0.05) is 65.7 Å². The van der Waals surface area contributed by atoms with Gasteiger partial charge in [-0.1, -0.05) is 12.8 Å². The topological polar surface area (TPSA) is 246 Å². The Bertz CT molecular complexity index is 2770. The molecule has 6 N–H and O–H groups in total. The third-order valence-corrected chi connectivity index (χ3v) is 14.7. The molecule has 4 aliphatic rings. The molecule has 0 bridgehead atoms. The van der Waals surface area contributed by atoms with E-state index in [0.717, 1.165) is 64.2 Å². The zero-order valence-corrected chi connectivity index (χ0v) is 40.2. The Hall–Kier alpha value is -6.48. The fourth-order valence-electron chi connectivity index (χ4n) is 10.4. The Morgan fingerprint density at radius 3 is 1.43 bits per heavy atom. The van der Waals surface area contributed by atoms with Crippen molar-refractivity contribution in [2.75, 3.05) is 49.6 Å². The maximum absolute atomic E-state index is 13.2. The molecule has 4 fully saturated rings. The van der Waals surface area contributed by atoms with E-state index in [0.29, 0.717) is 82.8 Å². The Balaban J connectivity index is 0.000000174. The van der Waals surface area contributed by atoms with Crippen molar-refractivity contribution in [2.24, 2.45) is 11.8 Å². The van der Waals surface area contributed by atoms with Gasteiger partial charge in [0.1, 0.15) is 34.6 Å². The lowest BCUT2D eigenvalue weighted by atomic mass is 9.83. The predicted octanol–water partition coefficient (Wildman–Crippen LogP) is 6.30. The molecule has 6 aromatic rings. The van der Waals surface area contributed by atoms with Crippen molar-refractivity contribution in [1.82, 2.24) is 38.3 Å². The number of hydrogen-bond donors (Lipinski definition) is 6. The van der Waals surface area contributed by atoms with Gasteiger partial charge in [-0.25, -0.2) is 9.97 Å². The van der Waals surface area contributed by atoms with Crippen LogP contribution in [0.5, 0.6) is 0 Å². The van der Waals surface area contributed by atoms with Crippen LogP contribution in [-0.4, -0.2) is 113 Å². The Morgan fingerprint density at radius 1 is 0.643 bits per heavy atom. The SMILES string of the molecule is CNc1cc(Nc2cccn([C@H]3CC[C@@H]3O)c2=O)nc2c(C(=O)C[C@@H]3CCC[C@@H](OC)C3)cnn12.CNc1cc(Nc2cccn([C@H]3CC[C@@H]3O)c2=O)nc2c(C(=O)C[C@H]3CCC[C@H](OC)C3)cnn12. The van der Waals surface area contributed by atoms with E-state index in [1.54, 1.807) is 108 Å². The molecule has 4 saturated carbocycles. The second kappa shape index (κ2) is 21.3. The van der Waals surface area contributed by atoms with E-state index in [4.69, 9.17) is 9.47 Å². The molecule has 0 saturated heterocycles. The molecular formula is C50H64N12O8. The first-order chi connectivity index (χ1) is 34.0. The molecule has 8 atom stereocenters. The van der Waals surface area contributed by atoms with Crippen molar-refractivity contribution in [3.63, 3.8) is 0 Å². The van der Waals surface area contributed by atoms with Gasteiger partial charge in [0.15, 0.2) is 22.9 Å². The summed E-state index contributed by atoms with van der Waals surface area (Å²) >= 11 is 0. The minimum absolute atomic E-state index is 0.00879. The summed E-state index contributed by atoms with van der Waals surface area (Å²) in [4.78, 5) is 61.9. The smallest absolute Gasteiger partial charge is 0.274 e. The van der Waals surface area contributed by atoms with Crippen LogP contribution in [0.15, 0.2) is 70.8 Å². The highest BCUT2D eigenvalue weighted by molar-refractivity contribution is 6.02. The average molecular weight is 961 g/mol. The van der Waals surface area contributed by atoms with E-state index in [2.05, 4.69) is 41.4 Å². The number of hydrogen-bond acceptors (Lipinski definition) is 16. The number of methoxy groups -OCH3 is 2. The first kappa shape index (κ1) is 48.5. The van der Waals surface area contributed by atoms with E-state index in [-0.39, 0.29) is 58.8 Å². The fourth-order valence-corrected chi connectivity index (χ4v) is 10.4. The molecule has 6 aromatic heterocycles. The number of pyridine rings is 2. The Kier molecular flexibility index (Phi) is 14.7. The van der Waals surface area contributed by atoms with Crippen molar-refractivity contribution >= 4 is 57.5 Å². The van der Waals surface area contributed by atoms with Gasteiger partial charge in [0.2, 0.25) is 0 Å². The Morgan fingerprint density at radius 2 is 1.07 bits per heavy atom. The van der Waals surface area contributed by atoms with Crippen LogP contribution in [0.1, 0.15) is 123 Å². The van der Waals surface area contributed by atoms with Gasteiger partial charge >= 0.3 is 0 Å². The number of carbonyl (C=O) groups excluding carboxylic acids is 2. The van der Waals surface area contributed by atoms with Crippen LogP contribution in [0.3, 0.4) is 0 Å². The number of nitrogens with zero attached hydrogens (tertiary/aromatic N) is 8. The summed E-state index contributed by atoms with van der Waals surface area (Å²) < 4.78 is 17.4. The molecule has 4 aliphatic carbocycles. The van der Waals surface area contributed by atoms with E-state index in [1.807, 2.05) is 0 Å². The number of ether oxygens (including phenoxy) is 2. The van der Waals surface area contributed by atoms with Crippen LogP contribution in [0.4, 0.5) is 34.6 Å². The van der Waals surface area contributed by atoms with Gasteiger partial charge in [-0.3, -0.25) is 19.2 Å². The number of Topliss-reactive ketones (excluding diaryl/α,β-unsaturated/α-hetero) is 2. The van der Waals surface area contributed by atoms with Gasteiger partial charge in [-0.05, 0) is 100 Å². The van der Waals surface area contributed by atoms with Crippen molar-refractivity contribution in [3.8, 4) is 0 Å². The van der Waals surface area contributed by atoms with Crippen LogP contribution in [0, 0.1) is 11.8 Å². The molecule has 10 rings (SSSR count). The minimum atomic E-state index is -0.503. The highest BCUT2D eigenvalue weighted by Gasteiger charge is 2.33. The van der Waals surface area contributed by atoms with Gasteiger partial charge in [0.05, 0.1) is 60.0 Å². The first-order valence-corrected chi connectivity index (χ1v) is 24.5. The van der Waals surface area contributed by atoms with E-state index >= 15 is 0 Å². The standard InChI is InChI=1S/2C25H32N6O4/c2*1-26-23-13-22(28-18-7-4-10-30(25(18)34)19-8-9-20(19)32)29-24-17(14-27-31(23)24)21(33)12-15-5-3-6-16(11-15)35-2/h2*4,7,10,13-16,19-20,26,32H,3,5-6,8-9,11-12H2,1-2H3,(H,28,29)/t15-,16-,19+,20+;15-,16-,19-,20-/m10/s1. The summed E-state index contributed by atoms with van der Waals surface area (Å²) in [6, 6.07) is 10.0. The van der Waals surface area contributed by atoms with Crippen molar-refractivity contribution in [2.45, 2.75) is 126 Å². The minimum Gasteiger partial charge on any atom is -0.391 e. The molecule has 0 aromatic carbocycles. The van der Waals surface area contributed by atoms with Gasteiger partial charge in [0.25, 0.3) is 11.1 Å². The molecule has 372 valence electrons. The summed E-state index contributed by atoms with van der Waals surface area (Å²) in [5.74, 6) is 2.72. The molecule has 0 aliphatic heterocycles. The second-order valence-electron chi connectivity index (χ2n) is 19.1. The summed E-state index contributed by atoms with van der Waals surface area (Å²) in [6.07, 6.45) is 17.8. The molecule has 0 unspecified atom stereocenters. The molecule has 0 radical (unpaired) electrons. The third-order valence-electron chi connectivity index (χ3n) is 14.7. The van der Waals surface area contributed by atoms with Crippen LogP contribution in [0.2, 0.25) is 0 Å². The molecule has 20 nitrogen and oxygen atoms in total. The number of rotatable bonds is 16. The molecule has 20 heteroatoms. The lowest BCUT2D eigenvalue weighted by Crippen LogP contribution is -2.39. The number of ketones is 2. The molecule has 6 heterocycles. The summed E-state index contributed by atoms with van der Waals surface area (Å²) in [5, 5.41) is 41.2. The summed E-state index contributed by atoms with van der Waals surface area (Å²) in [7, 11) is 6.99. The maximum atomic E-state index is 13.2. The quantitative estimate of drug-likeness (QED) is 0.0583. The fraction of sp³-hybridized carbons (Fsp3) is 0.520. The normalized spacial score (nSPS) is 24.2. The number of aliphatic hydroxyl groups is 2. The van der Waals surface area contributed by atoms with Crippen LogP contribution in [-0.2, 0) is 9.47 Å². The number of carbonyl (C=O) groups is 2. The van der Waals surface area contributed by atoms with Gasteiger partial charge in [-0.15, -0.1) is 0 Å². The largest absolute Gasteiger partial charge is 0.391 e. The summed E-state index contributed by atoms with van der Waals surface area (Å²) in [6.45, 7) is 0. The van der Waals surface area contributed by atoms with Gasteiger partial charge in [-0.2, -0.15) is 19.2 Å². The average Bonchev–Trinajstić information content (AvgIpc) is 4.00. The number of aliphatic hydroxyl groups excluding tert-OH is 2. The number of fused-ring (bicyclic) bond motifs is 2. The van der Waals surface area contributed by atoms with E-state index < -0.39 is 12.2 Å². The highest BCUT2D eigenvalue weighted by Crippen LogP contribution is 2.35. The maximum Gasteiger partial charge on any atom is 0.274 e. The Labute approximate surface area is 404 Å². The van der Waals surface area contributed by atoms with Crippen molar-refractivity contribution in [1.29, 1.82) is 0 Å². The zero-order valence-electron chi connectivity index (χ0n) is 40.2. The first-order valence-electron chi connectivity index (χ1n) is 24.5. The number of aromatic nitrogens is 8. The van der Waals surface area contributed by atoms with Crippen molar-refractivity contribution in [3.05, 3.63) is 93.0 Å². The molecule has 70 heavy (non-hydrogen) atoms. The third kappa shape index (κ3) is 10.1. The van der Waals surface area contributed by atoms with Crippen LogP contribution < -0.4 is 32.4 Å². The lowest BCUT2D eigenvalue weighted by Gasteiger charge is -2.34. The van der Waals surface area contributed by atoms with Gasteiger partial charge < -0.3 is 50.1 Å². The predicted molar refractivity (Wildman–Crippen MR) is 265 cm³/mol. The lowest BCUT2D eigenvalue weighted by molar-refractivity contribution is 0.0298. The van der Waals surface area contributed by atoms with E-state index in [1.165, 1.54) is 0 Å². The monoisotopic (exact) mass is 960 g/mol. The molecule has 0 amide bonds. The molecule has 0 spiro atoms. The number of anilines is 6. The van der Waals surface area contributed by atoms with Crippen LogP contribution in [0.25, 0.3) is 11.3 Å². The highest BCUT2D eigenvalue weighted by atomic mass is 16.5. The summed E-state index contributed by atoms with van der Waals surface area (Å²) in [5.41, 5.74) is 2.07. The van der Waals surface area contributed by atoms with E-state index in [9.17, 15) is 29.4 Å². The zero-order chi connectivity index (χ0) is 49.1.